The summed E-state index contributed by atoms with van der Waals surface area (Å²) in [4.78, 5) is 49.8. The summed E-state index contributed by atoms with van der Waals surface area (Å²) in [5.74, 6) is 0.639. The highest BCUT2D eigenvalue weighted by atomic mass is 16.6. The van der Waals surface area contributed by atoms with Gasteiger partial charge in [-0.25, -0.2) is 4.79 Å². The van der Waals surface area contributed by atoms with Crippen molar-refractivity contribution in [2.45, 2.75) is 32.4 Å². The number of rotatable bonds is 7. The van der Waals surface area contributed by atoms with Gasteiger partial charge in [-0.2, -0.15) is 0 Å². The summed E-state index contributed by atoms with van der Waals surface area (Å²) in [5.41, 5.74) is 0.0899. The lowest BCUT2D eigenvalue weighted by Crippen LogP contribution is -2.47. The molecule has 0 heterocycles. The Bertz CT molecular complexity index is 838. The van der Waals surface area contributed by atoms with E-state index in [9.17, 15) is 19.2 Å². The largest absolute Gasteiger partial charge is 0.468 e. The van der Waals surface area contributed by atoms with Crippen molar-refractivity contribution in [1.82, 2.24) is 15.5 Å². The van der Waals surface area contributed by atoms with Crippen molar-refractivity contribution in [2.75, 3.05) is 27.2 Å². The van der Waals surface area contributed by atoms with Gasteiger partial charge in [-0.3, -0.25) is 14.4 Å². The highest BCUT2D eigenvalue weighted by Crippen LogP contribution is 2.23. The van der Waals surface area contributed by atoms with E-state index in [0.717, 1.165) is 4.90 Å². The first kappa shape index (κ1) is 24.5. The van der Waals surface area contributed by atoms with E-state index in [2.05, 4.69) is 21.3 Å². The minimum absolute atomic E-state index is 0.373. The fourth-order valence-corrected chi connectivity index (χ4v) is 2.45. The van der Waals surface area contributed by atoms with E-state index in [-0.39, 0.29) is 6.54 Å². The fraction of sp³-hybridized carbons (Fsp3) is 0.429. The monoisotopic (exact) mass is 417 g/mol. The molecule has 1 unspecified atom stereocenters. The molecule has 1 rings (SSSR count). The molecule has 0 spiro atoms. The summed E-state index contributed by atoms with van der Waals surface area (Å²) in [6, 6.07) is 5.49. The molecule has 1 atom stereocenters. The number of carbonyl (C=O) groups excluding carboxylic acids is 4. The summed E-state index contributed by atoms with van der Waals surface area (Å²) in [6.07, 6.45) is 4.77. The zero-order valence-electron chi connectivity index (χ0n) is 17.8. The van der Waals surface area contributed by atoms with Crippen molar-refractivity contribution >= 4 is 23.9 Å². The van der Waals surface area contributed by atoms with Gasteiger partial charge in [0.15, 0.2) is 0 Å². The second-order valence-electron chi connectivity index (χ2n) is 7.29. The Hall–Kier alpha value is -3.54. The molecule has 0 fully saturated rings. The highest BCUT2D eigenvalue weighted by Gasteiger charge is 2.31. The van der Waals surface area contributed by atoms with Crippen molar-refractivity contribution < 1.29 is 28.7 Å². The molecule has 0 radical (unpaired) electrons. The van der Waals surface area contributed by atoms with E-state index in [0.29, 0.717) is 11.1 Å². The normalized spacial score (nSPS) is 11.5. The minimum atomic E-state index is -1.13. The van der Waals surface area contributed by atoms with Gasteiger partial charge in [-0.05, 0) is 32.4 Å². The van der Waals surface area contributed by atoms with E-state index >= 15 is 0 Å². The standard InChI is InChI=1S/C21H27N3O6/c1-7-14-10-8-9-11-15(14)18(19(27)22-13-17(26)29-6)24(5)16(25)12-23-20(28)30-21(2,3)4/h1,8-11,18H,12-13H2,2-6H3,(H,22,27)(H,23,28). The van der Waals surface area contributed by atoms with Gasteiger partial charge in [0.25, 0.3) is 0 Å². The van der Waals surface area contributed by atoms with Crippen LogP contribution in [0.5, 0.6) is 0 Å². The van der Waals surface area contributed by atoms with Gasteiger partial charge in [0, 0.05) is 12.6 Å². The van der Waals surface area contributed by atoms with Crippen LogP contribution in [0.25, 0.3) is 0 Å². The van der Waals surface area contributed by atoms with E-state index in [4.69, 9.17) is 11.2 Å². The molecular formula is C21H27N3O6. The van der Waals surface area contributed by atoms with Crippen LogP contribution in [0.4, 0.5) is 4.79 Å². The Morgan fingerprint density at radius 3 is 2.33 bits per heavy atom. The Labute approximate surface area is 176 Å². The van der Waals surface area contributed by atoms with Crippen LogP contribution in [-0.4, -0.2) is 61.6 Å². The summed E-state index contributed by atoms with van der Waals surface area (Å²) >= 11 is 0. The molecule has 0 aliphatic rings. The van der Waals surface area contributed by atoms with Gasteiger partial charge in [-0.1, -0.05) is 24.1 Å². The molecule has 0 aliphatic carbocycles. The molecule has 30 heavy (non-hydrogen) atoms. The molecule has 2 N–H and O–H groups in total. The Balaban J connectivity index is 3.04. The quantitative estimate of drug-likeness (QED) is 0.505. The minimum Gasteiger partial charge on any atom is -0.468 e. The van der Waals surface area contributed by atoms with Crippen LogP contribution < -0.4 is 10.6 Å². The van der Waals surface area contributed by atoms with Gasteiger partial charge < -0.3 is 25.0 Å². The number of carbonyl (C=O) groups is 4. The highest BCUT2D eigenvalue weighted by molar-refractivity contribution is 5.92. The maximum atomic E-state index is 12.8. The number of likely N-dealkylation sites (N-methyl/N-ethyl adjacent to an activating group) is 1. The lowest BCUT2D eigenvalue weighted by molar-refractivity contribution is -0.143. The van der Waals surface area contributed by atoms with Crippen LogP contribution in [0.2, 0.25) is 0 Å². The maximum absolute atomic E-state index is 12.8. The number of amides is 3. The molecule has 0 saturated carbocycles. The van der Waals surface area contributed by atoms with E-state index in [1.54, 1.807) is 45.0 Å². The Kier molecular flexibility index (Phi) is 8.86. The number of nitrogens with zero attached hydrogens (tertiary/aromatic N) is 1. The third-order valence-electron chi connectivity index (χ3n) is 3.86. The maximum Gasteiger partial charge on any atom is 0.408 e. The zero-order chi connectivity index (χ0) is 22.9. The number of esters is 1. The van der Waals surface area contributed by atoms with Gasteiger partial charge in [0.2, 0.25) is 11.8 Å². The predicted molar refractivity (Wildman–Crippen MR) is 109 cm³/mol. The van der Waals surface area contributed by atoms with Crippen LogP contribution in [-0.2, 0) is 23.9 Å². The van der Waals surface area contributed by atoms with Crippen LogP contribution in [0.1, 0.15) is 37.9 Å². The molecule has 9 nitrogen and oxygen atoms in total. The van der Waals surface area contributed by atoms with Crippen LogP contribution >= 0.6 is 0 Å². The lowest BCUT2D eigenvalue weighted by atomic mass is 9.98. The number of methoxy groups -OCH3 is 1. The lowest BCUT2D eigenvalue weighted by Gasteiger charge is -2.28. The molecule has 0 bridgehead atoms. The number of terminal acetylenes is 1. The molecule has 0 aromatic heterocycles. The third-order valence-corrected chi connectivity index (χ3v) is 3.86. The first-order chi connectivity index (χ1) is 14.0. The predicted octanol–water partition coefficient (Wildman–Crippen LogP) is 0.981. The Morgan fingerprint density at radius 1 is 1.13 bits per heavy atom. The van der Waals surface area contributed by atoms with E-state index in [1.807, 2.05) is 0 Å². The number of hydrogen-bond acceptors (Lipinski definition) is 6. The first-order valence-corrected chi connectivity index (χ1v) is 9.12. The third kappa shape index (κ3) is 7.47. The number of ether oxygens (including phenoxy) is 2. The van der Waals surface area contributed by atoms with Gasteiger partial charge in [0.1, 0.15) is 24.7 Å². The number of benzene rings is 1. The summed E-state index contributed by atoms with van der Waals surface area (Å²) in [5, 5.41) is 4.78. The summed E-state index contributed by atoms with van der Waals surface area (Å²) in [7, 11) is 2.59. The zero-order valence-corrected chi connectivity index (χ0v) is 17.8. The van der Waals surface area contributed by atoms with Crippen molar-refractivity contribution in [2.24, 2.45) is 0 Å². The number of alkyl carbamates (subject to hydrolysis) is 1. The van der Waals surface area contributed by atoms with E-state index < -0.39 is 42.1 Å². The van der Waals surface area contributed by atoms with E-state index in [1.165, 1.54) is 14.2 Å². The topological polar surface area (TPSA) is 114 Å². The van der Waals surface area contributed by atoms with Crippen LogP contribution in [0.3, 0.4) is 0 Å². The van der Waals surface area contributed by atoms with Crippen LogP contribution in [0.15, 0.2) is 24.3 Å². The molecule has 0 aliphatic heterocycles. The van der Waals surface area contributed by atoms with Crippen LogP contribution in [0, 0.1) is 12.3 Å². The molecule has 0 saturated heterocycles. The van der Waals surface area contributed by atoms with Crippen molar-refractivity contribution in [1.29, 1.82) is 0 Å². The van der Waals surface area contributed by atoms with Crippen molar-refractivity contribution in [3.63, 3.8) is 0 Å². The molecular weight excluding hydrogens is 390 g/mol. The second-order valence-corrected chi connectivity index (χ2v) is 7.29. The number of hydrogen-bond donors (Lipinski definition) is 2. The van der Waals surface area contributed by atoms with Gasteiger partial charge in [0.05, 0.1) is 7.11 Å². The van der Waals surface area contributed by atoms with Crippen molar-refractivity contribution in [3.8, 4) is 12.3 Å². The average Bonchev–Trinajstić information content (AvgIpc) is 2.69. The summed E-state index contributed by atoms with van der Waals surface area (Å²) < 4.78 is 9.61. The Morgan fingerprint density at radius 2 is 1.77 bits per heavy atom. The molecule has 1 aromatic rings. The van der Waals surface area contributed by atoms with Gasteiger partial charge in [-0.15, -0.1) is 6.42 Å². The van der Waals surface area contributed by atoms with Crippen molar-refractivity contribution in [3.05, 3.63) is 35.4 Å². The summed E-state index contributed by atoms with van der Waals surface area (Å²) in [6.45, 7) is 4.31. The average molecular weight is 417 g/mol. The molecule has 3 amide bonds. The number of nitrogens with one attached hydrogen (secondary N) is 2. The smallest absolute Gasteiger partial charge is 0.408 e. The second kappa shape index (κ2) is 10.9. The molecule has 1 aromatic carbocycles. The SMILES string of the molecule is C#Cc1ccccc1C(C(=O)NCC(=O)OC)N(C)C(=O)CNC(=O)OC(C)(C)C. The molecule has 9 heteroatoms. The molecule has 162 valence electrons. The first-order valence-electron chi connectivity index (χ1n) is 9.12. The fourth-order valence-electron chi connectivity index (χ4n) is 2.45. The van der Waals surface area contributed by atoms with Gasteiger partial charge >= 0.3 is 12.1 Å².